The van der Waals surface area contributed by atoms with E-state index in [0.29, 0.717) is 5.92 Å². The van der Waals surface area contributed by atoms with Crippen LogP contribution in [0, 0.1) is 5.92 Å². The zero-order valence-electron chi connectivity index (χ0n) is 17.4. The van der Waals surface area contributed by atoms with Gasteiger partial charge in [0.2, 0.25) is 5.91 Å². The number of rotatable bonds is 6. The molecule has 0 aromatic heterocycles. The van der Waals surface area contributed by atoms with Crippen LogP contribution >= 0.6 is 0 Å². The molecule has 2 atom stereocenters. The number of fused-ring (bicyclic) bond motifs is 1. The topological polar surface area (TPSA) is 98.7 Å². The summed E-state index contributed by atoms with van der Waals surface area (Å²) in [4.78, 5) is 35.5. The number of carboxylic acids is 1. The number of nitrogens with one attached hydrogen (secondary N) is 2. The lowest BCUT2D eigenvalue weighted by molar-refractivity contribution is -0.192. The quantitative estimate of drug-likeness (QED) is 0.575. The summed E-state index contributed by atoms with van der Waals surface area (Å²) in [7, 11) is 0. The van der Waals surface area contributed by atoms with Gasteiger partial charge in [-0.3, -0.25) is 9.59 Å². The first kappa shape index (κ1) is 23.8. The molecule has 2 heterocycles. The average Bonchev–Trinajstić information content (AvgIpc) is 3.39. The Kier molecular flexibility index (Phi) is 7.55. The number of anilines is 1. The molecule has 10 heteroatoms. The van der Waals surface area contributed by atoms with Crippen LogP contribution in [-0.2, 0) is 20.8 Å². The van der Waals surface area contributed by atoms with Gasteiger partial charge in [0.1, 0.15) is 0 Å². The van der Waals surface area contributed by atoms with E-state index in [4.69, 9.17) is 9.90 Å². The highest BCUT2D eigenvalue weighted by Gasteiger charge is 2.38. The molecule has 0 radical (unpaired) electrons. The number of carboxylic acid groups (broad SMARTS) is 1. The van der Waals surface area contributed by atoms with E-state index in [2.05, 4.69) is 16.7 Å². The number of hydrogen-bond acceptors (Lipinski definition) is 4. The Labute approximate surface area is 183 Å². The second-order valence-corrected chi connectivity index (χ2v) is 8.12. The second-order valence-electron chi connectivity index (χ2n) is 8.12. The molecule has 3 aliphatic rings. The lowest BCUT2D eigenvalue weighted by atomic mass is 10.0. The summed E-state index contributed by atoms with van der Waals surface area (Å²) < 4.78 is 31.7. The van der Waals surface area contributed by atoms with E-state index in [1.165, 1.54) is 18.4 Å². The van der Waals surface area contributed by atoms with Crippen LogP contribution in [0.3, 0.4) is 0 Å². The van der Waals surface area contributed by atoms with Gasteiger partial charge >= 0.3 is 12.1 Å². The summed E-state index contributed by atoms with van der Waals surface area (Å²) in [6.45, 7) is 1.64. The van der Waals surface area contributed by atoms with Gasteiger partial charge < -0.3 is 20.6 Å². The van der Waals surface area contributed by atoms with E-state index in [1.807, 2.05) is 29.2 Å². The fourth-order valence-corrected chi connectivity index (χ4v) is 3.55. The number of benzene rings is 1. The largest absolute Gasteiger partial charge is 0.490 e. The van der Waals surface area contributed by atoms with E-state index < -0.39 is 12.1 Å². The zero-order valence-corrected chi connectivity index (χ0v) is 17.4. The Morgan fingerprint density at radius 2 is 1.88 bits per heavy atom. The first-order valence-electron chi connectivity index (χ1n) is 10.6. The van der Waals surface area contributed by atoms with Crippen LogP contribution in [0.1, 0.15) is 31.2 Å². The molecule has 1 saturated carbocycles. The maximum Gasteiger partial charge on any atom is 0.490 e. The maximum atomic E-state index is 12.6. The molecule has 32 heavy (non-hydrogen) atoms. The SMILES string of the molecule is O=C(N[C@H](C=CC(=O)N1CCc2ccccc21)CC1CC1)[C@@H]1CCN1.O=C(O)C(F)(F)F. The minimum atomic E-state index is -5.08. The minimum absolute atomic E-state index is 0.00163. The van der Waals surface area contributed by atoms with Crippen molar-refractivity contribution in [3.63, 3.8) is 0 Å². The predicted octanol–water partition coefficient (Wildman–Crippen LogP) is 2.41. The van der Waals surface area contributed by atoms with Crippen molar-refractivity contribution in [1.82, 2.24) is 10.6 Å². The van der Waals surface area contributed by atoms with Gasteiger partial charge in [-0.2, -0.15) is 13.2 Å². The first-order chi connectivity index (χ1) is 15.1. The number of amides is 2. The second kappa shape index (κ2) is 10.2. The van der Waals surface area contributed by atoms with Crippen molar-refractivity contribution in [2.45, 2.75) is 50.4 Å². The van der Waals surface area contributed by atoms with Crippen molar-refractivity contribution in [1.29, 1.82) is 0 Å². The molecule has 2 fully saturated rings. The van der Waals surface area contributed by atoms with Crippen LogP contribution in [-0.4, -0.2) is 54.2 Å². The van der Waals surface area contributed by atoms with Crippen molar-refractivity contribution in [3.05, 3.63) is 42.0 Å². The molecule has 1 aliphatic carbocycles. The summed E-state index contributed by atoms with van der Waals surface area (Å²) >= 11 is 0. The maximum absolute atomic E-state index is 12.6. The summed E-state index contributed by atoms with van der Waals surface area (Å²) in [5.74, 6) is -2.01. The van der Waals surface area contributed by atoms with Gasteiger partial charge in [0.05, 0.1) is 6.04 Å². The van der Waals surface area contributed by atoms with Gasteiger partial charge in [0.15, 0.2) is 0 Å². The smallest absolute Gasteiger partial charge is 0.475 e. The predicted molar refractivity (Wildman–Crippen MR) is 111 cm³/mol. The Balaban J connectivity index is 0.000000360. The molecule has 2 aliphatic heterocycles. The molecule has 0 spiro atoms. The van der Waals surface area contributed by atoms with Crippen LogP contribution in [0.2, 0.25) is 0 Å². The Morgan fingerprint density at radius 1 is 1.22 bits per heavy atom. The van der Waals surface area contributed by atoms with E-state index >= 15 is 0 Å². The summed E-state index contributed by atoms with van der Waals surface area (Å²) in [5, 5.41) is 13.4. The summed E-state index contributed by atoms with van der Waals surface area (Å²) in [5.41, 5.74) is 2.24. The summed E-state index contributed by atoms with van der Waals surface area (Å²) in [6.07, 6.45) is 3.64. The third-order valence-electron chi connectivity index (χ3n) is 5.62. The highest BCUT2D eigenvalue weighted by Crippen LogP contribution is 2.34. The van der Waals surface area contributed by atoms with Crippen molar-refractivity contribution in [2.24, 2.45) is 5.92 Å². The minimum Gasteiger partial charge on any atom is -0.475 e. The van der Waals surface area contributed by atoms with Gasteiger partial charge in [-0.05, 0) is 43.4 Å². The van der Waals surface area contributed by atoms with Gasteiger partial charge in [0, 0.05) is 24.4 Å². The van der Waals surface area contributed by atoms with Crippen LogP contribution < -0.4 is 15.5 Å². The van der Waals surface area contributed by atoms with E-state index in [9.17, 15) is 22.8 Å². The molecular weight excluding hydrogens is 427 g/mol. The van der Waals surface area contributed by atoms with E-state index in [-0.39, 0.29) is 23.9 Å². The lowest BCUT2D eigenvalue weighted by Crippen LogP contribution is -2.54. The fourth-order valence-electron chi connectivity index (χ4n) is 3.55. The van der Waals surface area contributed by atoms with Crippen molar-refractivity contribution < 1.29 is 32.7 Å². The Bertz CT molecular complexity index is 879. The molecule has 7 nitrogen and oxygen atoms in total. The first-order valence-corrected chi connectivity index (χ1v) is 10.6. The molecular formula is C22H26F3N3O4. The number of aliphatic carboxylic acids is 1. The fraction of sp³-hybridized carbons (Fsp3) is 0.500. The third-order valence-corrected chi connectivity index (χ3v) is 5.62. The standard InChI is InChI=1S/C20H25N3O2.C2HF3O2/c24-19(23-12-10-15-3-1-2-4-18(15)23)8-7-16(13-14-5-6-14)22-20(25)17-9-11-21-17;3-2(4,5)1(6)7/h1-4,7-8,14,16-17,21H,5-6,9-13H2,(H,22,25);(H,6,7)/t16-,17+;/m1./s1. The lowest BCUT2D eigenvalue weighted by Gasteiger charge is -2.28. The molecule has 2 amide bonds. The molecule has 4 rings (SSSR count). The van der Waals surface area contributed by atoms with Gasteiger partial charge in [-0.15, -0.1) is 0 Å². The Hall–Kier alpha value is -2.88. The number of hydrogen-bond donors (Lipinski definition) is 3. The molecule has 3 N–H and O–H groups in total. The van der Waals surface area contributed by atoms with Crippen molar-refractivity contribution in [2.75, 3.05) is 18.0 Å². The molecule has 174 valence electrons. The molecule has 1 saturated heterocycles. The number of carbonyl (C=O) groups is 3. The molecule has 0 bridgehead atoms. The highest BCUT2D eigenvalue weighted by atomic mass is 19.4. The van der Waals surface area contributed by atoms with Crippen LogP contribution in [0.5, 0.6) is 0 Å². The van der Waals surface area contributed by atoms with Gasteiger partial charge in [-0.25, -0.2) is 4.79 Å². The van der Waals surface area contributed by atoms with Gasteiger partial charge in [-0.1, -0.05) is 37.1 Å². The highest BCUT2D eigenvalue weighted by molar-refractivity contribution is 6.03. The van der Waals surface area contributed by atoms with Crippen LogP contribution in [0.4, 0.5) is 18.9 Å². The number of halogens is 3. The zero-order chi connectivity index (χ0) is 23.3. The number of nitrogens with zero attached hydrogens (tertiary/aromatic N) is 1. The van der Waals surface area contributed by atoms with Crippen molar-refractivity contribution >= 4 is 23.5 Å². The van der Waals surface area contributed by atoms with Crippen LogP contribution in [0.15, 0.2) is 36.4 Å². The van der Waals surface area contributed by atoms with Gasteiger partial charge in [0.25, 0.3) is 5.91 Å². The number of carbonyl (C=O) groups excluding carboxylic acids is 2. The van der Waals surface area contributed by atoms with Crippen molar-refractivity contribution in [3.8, 4) is 0 Å². The number of para-hydroxylation sites is 1. The monoisotopic (exact) mass is 453 g/mol. The third kappa shape index (κ3) is 6.56. The van der Waals surface area contributed by atoms with E-state index in [1.54, 1.807) is 6.08 Å². The Morgan fingerprint density at radius 3 is 2.44 bits per heavy atom. The summed E-state index contributed by atoms with van der Waals surface area (Å²) in [6, 6.07) is 7.95. The normalized spacial score (nSPS) is 20.6. The molecule has 0 unspecified atom stereocenters. The number of alkyl halides is 3. The van der Waals surface area contributed by atoms with E-state index in [0.717, 1.165) is 38.0 Å². The average molecular weight is 453 g/mol. The molecule has 1 aromatic rings. The van der Waals surface area contributed by atoms with Crippen LogP contribution in [0.25, 0.3) is 0 Å². The molecule has 1 aromatic carbocycles.